The predicted octanol–water partition coefficient (Wildman–Crippen LogP) is 2.53. The normalized spacial score (nSPS) is 10.8. The molecule has 0 atom stereocenters. The first-order valence-electron chi connectivity index (χ1n) is 6.14. The number of nitrogens with zero attached hydrogens (tertiary/aromatic N) is 3. The molecule has 0 radical (unpaired) electrons. The maximum atomic E-state index is 11.3. The molecule has 0 aliphatic carbocycles. The van der Waals surface area contributed by atoms with E-state index < -0.39 is 0 Å². The van der Waals surface area contributed by atoms with Crippen molar-refractivity contribution in [2.24, 2.45) is 0 Å². The number of thiazole rings is 1. The van der Waals surface area contributed by atoms with E-state index in [0.29, 0.717) is 17.7 Å². The summed E-state index contributed by atoms with van der Waals surface area (Å²) in [5.41, 5.74) is 2.41. The number of ketones is 1. The van der Waals surface area contributed by atoms with E-state index in [1.807, 2.05) is 13.2 Å². The van der Waals surface area contributed by atoms with E-state index in [1.54, 1.807) is 29.3 Å². The molecule has 106 valence electrons. The lowest BCUT2D eigenvalue weighted by atomic mass is 10.1. The highest BCUT2D eigenvalue weighted by atomic mass is 32.2. The van der Waals surface area contributed by atoms with E-state index >= 15 is 0 Å². The summed E-state index contributed by atoms with van der Waals surface area (Å²) in [6.07, 6.45) is 5.03. The first-order valence-corrected chi connectivity index (χ1v) is 8.18. The van der Waals surface area contributed by atoms with Gasteiger partial charge in [-0.15, -0.1) is 11.3 Å². The number of pyridine rings is 1. The van der Waals surface area contributed by atoms with Crippen molar-refractivity contribution in [2.45, 2.75) is 24.6 Å². The Labute approximate surface area is 125 Å². The molecule has 0 saturated heterocycles. The molecule has 0 spiro atoms. The summed E-state index contributed by atoms with van der Waals surface area (Å²) in [4.78, 5) is 32.6. The number of thioether (sulfide) groups is 1. The first-order chi connectivity index (χ1) is 9.60. The fourth-order valence-corrected chi connectivity index (χ4v) is 3.62. The zero-order valence-electron chi connectivity index (χ0n) is 11.5. The smallest absolute Gasteiger partial charge is 0.214 e. The summed E-state index contributed by atoms with van der Waals surface area (Å²) >= 11 is 3.15. The average Bonchev–Trinajstić information content (AvgIpc) is 2.86. The third-order valence-corrected chi connectivity index (χ3v) is 4.93. The molecule has 2 rings (SSSR count). The number of hydrogen-bond acceptors (Lipinski definition) is 6. The molecule has 1 amide bonds. The van der Waals surface area contributed by atoms with Crippen LogP contribution in [0.1, 0.15) is 19.4 Å². The SMILES string of the molecule is CCc1c(N(C=O)CC(C)=O)cnc2nc(SC)sc12. The molecule has 0 aliphatic rings. The van der Waals surface area contributed by atoms with Gasteiger partial charge in [0.1, 0.15) is 5.78 Å². The summed E-state index contributed by atoms with van der Waals surface area (Å²) in [5, 5.41) is 0. The van der Waals surface area contributed by atoms with Crippen molar-refractivity contribution in [3.63, 3.8) is 0 Å². The Balaban J connectivity index is 2.57. The van der Waals surface area contributed by atoms with Gasteiger partial charge in [-0.25, -0.2) is 9.97 Å². The Morgan fingerprint density at radius 2 is 2.30 bits per heavy atom. The van der Waals surface area contributed by atoms with Crippen LogP contribution in [-0.4, -0.2) is 35.0 Å². The number of amides is 1. The minimum Gasteiger partial charge on any atom is -0.306 e. The van der Waals surface area contributed by atoms with Crippen LogP contribution in [0.5, 0.6) is 0 Å². The number of anilines is 1. The van der Waals surface area contributed by atoms with Gasteiger partial charge in [-0.1, -0.05) is 18.7 Å². The minimum absolute atomic E-state index is 0.0617. The van der Waals surface area contributed by atoms with E-state index in [4.69, 9.17) is 0 Å². The van der Waals surface area contributed by atoms with Crippen molar-refractivity contribution in [1.29, 1.82) is 0 Å². The molecule has 0 aromatic carbocycles. The van der Waals surface area contributed by atoms with E-state index in [0.717, 1.165) is 21.0 Å². The Hall–Kier alpha value is -1.47. The van der Waals surface area contributed by atoms with E-state index in [1.165, 1.54) is 11.8 Å². The van der Waals surface area contributed by atoms with Crippen molar-refractivity contribution < 1.29 is 9.59 Å². The van der Waals surface area contributed by atoms with Gasteiger partial charge in [-0.3, -0.25) is 9.59 Å². The van der Waals surface area contributed by atoms with E-state index in [-0.39, 0.29) is 12.3 Å². The molecule has 7 heteroatoms. The molecule has 2 aromatic rings. The highest BCUT2D eigenvalue weighted by Crippen LogP contribution is 2.34. The zero-order chi connectivity index (χ0) is 14.7. The van der Waals surface area contributed by atoms with Gasteiger partial charge >= 0.3 is 0 Å². The molecule has 2 aromatic heterocycles. The van der Waals surface area contributed by atoms with Gasteiger partial charge in [0.2, 0.25) is 6.41 Å². The third kappa shape index (κ3) is 2.83. The Kier molecular flexibility index (Phi) is 4.72. The predicted molar refractivity (Wildman–Crippen MR) is 82.7 cm³/mol. The molecule has 0 aliphatic heterocycles. The molecule has 0 fully saturated rings. The van der Waals surface area contributed by atoms with Gasteiger partial charge in [-0.2, -0.15) is 0 Å². The summed E-state index contributed by atoms with van der Waals surface area (Å²) in [7, 11) is 0. The van der Waals surface area contributed by atoms with Gasteiger partial charge in [0.25, 0.3) is 0 Å². The van der Waals surface area contributed by atoms with E-state index in [2.05, 4.69) is 9.97 Å². The van der Waals surface area contributed by atoms with Crippen LogP contribution in [0, 0.1) is 0 Å². The Bertz CT molecular complexity index is 654. The van der Waals surface area contributed by atoms with Crippen LogP contribution in [0.25, 0.3) is 10.3 Å². The van der Waals surface area contributed by atoms with Crippen molar-refractivity contribution in [2.75, 3.05) is 17.7 Å². The zero-order valence-corrected chi connectivity index (χ0v) is 13.2. The molecule has 0 bridgehead atoms. The van der Waals surface area contributed by atoms with Gasteiger partial charge in [0.05, 0.1) is 23.1 Å². The van der Waals surface area contributed by atoms with E-state index in [9.17, 15) is 9.59 Å². The fraction of sp³-hybridized carbons (Fsp3) is 0.385. The van der Waals surface area contributed by atoms with Crippen molar-refractivity contribution in [3.05, 3.63) is 11.8 Å². The number of Topliss-reactive ketones (excluding diaryl/α,β-unsaturated/α-hetero) is 1. The number of fused-ring (bicyclic) bond motifs is 1. The lowest BCUT2D eigenvalue weighted by Gasteiger charge is -2.18. The van der Waals surface area contributed by atoms with Crippen molar-refractivity contribution >= 4 is 51.3 Å². The molecule has 5 nitrogen and oxygen atoms in total. The summed E-state index contributed by atoms with van der Waals surface area (Å²) in [6, 6.07) is 0. The molecule has 0 unspecified atom stereocenters. The second kappa shape index (κ2) is 6.32. The summed E-state index contributed by atoms with van der Waals surface area (Å²) in [6.45, 7) is 3.55. The highest BCUT2D eigenvalue weighted by Gasteiger charge is 2.17. The third-order valence-electron chi connectivity index (χ3n) is 2.84. The molecule has 2 heterocycles. The maximum Gasteiger partial charge on any atom is 0.214 e. The van der Waals surface area contributed by atoms with Crippen molar-refractivity contribution in [1.82, 2.24) is 9.97 Å². The number of hydrogen-bond donors (Lipinski definition) is 0. The minimum atomic E-state index is -0.0617. The standard InChI is InChI=1S/C13H15N3O2S2/c1-4-9-10(16(7-17)6-8(2)18)5-14-12-11(9)20-13(15-12)19-3/h5,7H,4,6H2,1-3H3. The van der Waals surface area contributed by atoms with Crippen LogP contribution >= 0.6 is 23.1 Å². The quantitative estimate of drug-likeness (QED) is 0.606. The van der Waals surface area contributed by atoms with Crippen molar-refractivity contribution in [3.8, 4) is 0 Å². The van der Waals surface area contributed by atoms with Crippen LogP contribution in [0.15, 0.2) is 10.5 Å². The molecule has 0 N–H and O–H groups in total. The molecule has 20 heavy (non-hydrogen) atoms. The topological polar surface area (TPSA) is 63.2 Å². The number of carbonyl (C=O) groups is 2. The summed E-state index contributed by atoms with van der Waals surface area (Å²) in [5.74, 6) is -0.0617. The largest absolute Gasteiger partial charge is 0.306 e. The highest BCUT2D eigenvalue weighted by molar-refractivity contribution is 8.00. The number of carbonyl (C=O) groups excluding carboxylic acids is 2. The van der Waals surface area contributed by atoms with Gasteiger partial charge in [0, 0.05) is 0 Å². The van der Waals surface area contributed by atoms with Gasteiger partial charge in [-0.05, 0) is 25.2 Å². The molecular formula is C13H15N3O2S2. The van der Waals surface area contributed by atoms with Crippen LogP contribution in [0.3, 0.4) is 0 Å². The van der Waals surface area contributed by atoms with Crippen LogP contribution in [0.2, 0.25) is 0 Å². The summed E-state index contributed by atoms with van der Waals surface area (Å²) < 4.78 is 1.94. The monoisotopic (exact) mass is 309 g/mol. The molecule has 0 saturated carbocycles. The number of aryl methyl sites for hydroxylation is 1. The van der Waals surface area contributed by atoms with Gasteiger partial charge < -0.3 is 4.90 Å². The maximum absolute atomic E-state index is 11.3. The second-order valence-electron chi connectivity index (χ2n) is 4.25. The van der Waals surface area contributed by atoms with Crippen LogP contribution in [0.4, 0.5) is 5.69 Å². The van der Waals surface area contributed by atoms with Crippen LogP contribution in [-0.2, 0) is 16.0 Å². The lowest BCUT2D eigenvalue weighted by molar-refractivity contribution is -0.117. The molecular weight excluding hydrogens is 294 g/mol. The first kappa shape index (κ1) is 14.9. The van der Waals surface area contributed by atoms with Gasteiger partial charge in [0.15, 0.2) is 9.99 Å². The Morgan fingerprint density at radius 3 is 2.85 bits per heavy atom. The Morgan fingerprint density at radius 1 is 1.55 bits per heavy atom. The number of aromatic nitrogens is 2. The average molecular weight is 309 g/mol. The fourth-order valence-electron chi connectivity index (χ4n) is 1.99. The number of rotatable bonds is 6. The second-order valence-corrected chi connectivity index (χ2v) is 6.30. The van der Waals surface area contributed by atoms with Crippen LogP contribution < -0.4 is 4.90 Å². The lowest BCUT2D eigenvalue weighted by Crippen LogP contribution is -2.28.